The Labute approximate surface area is 160 Å². The number of nitrogens with one attached hydrogen (secondary N) is 2. The number of aromatic nitrogens is 3. The molecule has 134 valence electrons. The minimum atomic E-state index is -0.344. The Hall–Kier alpha value is -3.38. The lowest BCUT2D eigenvalue weighted by Crippen LogP contribution is -2.19. The van der Waals surface area contributed by atoms with Crippen molar-refractivity contribution in [3.05, 3.63) is 77.7 Å². The number of carbonyl (C=O) groups is 1. The van der Waals surface area contributed by atoms with E-state index >= 15 is 0 Å². The first-order valence-corrected chi connectivity index (χ1v) is 8.70. The van der Waals surface area contributed by atoms with Gasteiger partial charge in [-0.1, -0.05) is 29.8 Å². The average molecular weight is 378 g/mol. The Morgan fingerprint density at radius 2 is 1.89 bits per heavy atom. The number of carbonyl (C=O) groups excluding carboxylic acids is 1. The number of halogens is 1. The fraction of sp³-hybridized carbons (Fsp3) is 0.0500. The summed E-state index contributed by atoms with van der Waals surface area (Å²) in [7, 11) is 0. The summed E-state index contributed by atoms with van der Waals surface area (Å²) in [4.78, 5) is 21.0. The van der Waals surface area contributed by atoms with E-state index < -0.39 is 0 Å². The number of fused-ring (bicyclic) bond motifs is 1. The highest BCUT2D eigenvalue weighted by atomic mass is 35.5. The van der Waals surface area contributed by atoms with Crippen molar-refractivity contribution >= 4 is 34.8 Å². The normalized spacial score (nSPS) is 10.7. The Kier molecular flexibility index (Phi) is 4.48. The molecule has 7 heteroatoms. The van der Waals surface area contributed by atoms with Gasteiger partial charge < -0.3 is 10.6 Å². The van der Waals surface area contributed by atoms with E-state index in [9.17, 15) is 4.79 Å². The Bertz CT molecular complexity index is 1110. The van der Waals surface area contributed by atoms with Gasteiger partial charge in [-0.05, 0) is 42.8 Å². The molecule has 4 rings (SSSR count). The molecule has 2 aromatic heterocycles. The Morgan fingerprint density at radius 1 is 1.07 bits per heavy atom. The molecule has 0 spiro atoms. The molecule has 0 saturated heterocycles. The second-order valence-corrected chi connectivity index (χ2v) is 6.48. The van der Waals surface area contributed by atoms with E-state index in [-0.39, 0.29) is 6.03 Å². The fourth-order valence-electron chi connectivity index (χ4n) is 2.69. The summed E-state index contributed by atoms with van der Waals surface area (Å²) in [5.74, 6) is 0.625. The van der Waals surface area contributed by atoms with E-state index in [2.05, 4.69) is 20.6 Å². The van der Waals surface area contributed by atoms with E-state index in [0.29, 0.717) is 22.2 Å². The van der Waals surface area contributed by atoms with E-state index in [0.717, 1.165) is 16.8 Å². The largest absolute Gasteiger partial charge is 0.323 e. The highest BCUT2D eigenvalue weighted by Crippen LogP contribution is 2.23. The number of benzene rings is 2. The Morgan fingerprint density at radius 3 is 2.67 bits per heavy atom. The maximum absolute atomic E-state index is 12.3. The summed E-state index contributed by atoms with van der Waals surface area (Å²) in [5.41, 5.74) is 3.91. The van der Waals surface area contributed by atoms with Crippen molar-refractivity contribution in [3.8, 4) is 11.3 Å². The van der Waals surface area contributed by atoms with Crippen LogP contribution in [-0.4, -0.2) is 20.4 Å². The van der Waals surface area contributed by atoms with Gasteiger partial charge in [0.15, 0.2) is 0 Å². The lowest BCUT2D eigenvalue weighted by atomic mass is 10.1. The molecule has 0 aliphatic carbocycles. The molecular weight excluding hydrogens is 362 g/mol. The van der Waals surface area contributed by atoms with Crippen LogP contribution in [0.25, 0.3) is 17.0 Å². The summed E-state index contributed by atoms with van der Waals surface area (Å²) < 4.78 is 1.85. The zero-order valence-electron chi connectivity index (χ0n) is 14.5. The summed E-state index contributed by atoms with van der Waals surface area (Å²) in [6.07, 6.45) is 5.49. The molecule has 0 fully saturated rings. The van der Waals surface area contributed by atoms with Crippen LogP contribution in [-0.2, 0) is 0 Å². The van der Waals surface area contributed by atoms with Crippen molar-refractivity contribution in [1.82, 2.24) is 14.4 Å². The van der Waals surface area contributed by atoms with E-state index in [1.54, 1.807) is 18.3 Å². The molecule has 2 amide bonds. The van der Waals surface area contributed by atoms with Gasteiger partial charge in [-0.25, -0.2) is 14.8 Å². The number of urea groups is 1. The molecule has 2 aromatic carbocycles. The maximum Gasteiger partial charge on any atom is 0.323 e. The summed E-state index contributed by atoms with van der Waals surface area (Å²) in [6.45, 7) is 1.91. The smallest absolute Gasteiger partial charge is 0.308 e. The minimum absolute atomic E-state index is 0.344. The fourth-order valence-corrected chi connectivity index (χ4v) is 2.87. The monoisotopic (exact) mass is 377 g/mol. The van der Waals surface area contributed by atoms with Crippen molar-refractivity contribution in [2.75, 3.05) is 10.6 Å². The number of amides is 2. The summed E-state index contributed by atoms with van der Waals surface area (Å²) >= 11 is 6.09. The lowest BCUT2D eigenvalue weighted by molar-refractivity contribution is 0.262. The van der Waals surface area contributed by atoms with Crippen molar-refractivity contribution < 1.29 is 4.79 Å². The van der Waals surface area contributed by atoms with Gasteiger partial charge in [-0.3, -0.25) is 4.40 Å². The first-order chi connectivity index (χ1) is 13.1. The van der Waals surface area contributed by atoms with Gasteiger partial charge in [0, 0.05) is 40.6 Å². The van der Waals surface area contributed by atoms with Gasteiger partial charge >= 0.3 is 6.03 Å². The Balaban J connectivity index is 1.51. The molecule has 2 N–H and O–H groups in total. The van der Waals surface area contributed by atoms with Gasteiger partial charge in [0.2, 0.25) is 5.78 Å². The molecule has 0 aliphatic heterocycles. The molecule has 0 aliphatic rings. The van der Waals surface area contributed by atoms with Crippen LogP contribution in [0.1, 0.15) is 5.56 Å². The number of imidazole rings is 1. The third-order valence-electron chi connectivity index (χ3n) is 4.08. The van der Waals surface area contributed by atoms with Gasteiger partial charge in [0.1, 0.15) is 0 Å². The van der Waals surface area contributed by atoms with Crippen LogP contribution in [0.15, 0.2) is 67.1 Å². The standard InChI is InChI=1S/C20H16ClN5O/c1-13-6-7-16(11-17(13)21)24-20(27)23-15-5-2-4-14(10-15)18-12-26-9-3-8-22-19(26)25-18/h2-12H,1H3,(H2,23,24,27). The SMILES string of the molecule is Cc1ccc(NC(=O)Nc2cccc(-c3cn4cccnc4n3)c2)cc1Cl. The molecule has 0 radical (unpaired) electrons. The average Bonchev–Trinajstić information content (AvgIpc) is 3.09. The number of hydrogen-bond acceptors (Lipinski definition) is 3. The zero-order chi connectivity index (χ0) is 18.8. The van der Waals surface area contributed by atoms with Crippen LogP contribution in [0.2, 0.25) is 5.02 Å². The summed E-state index contributed by atoms with van der Waals surface area (Å²) in [6, 6.07) is 14.4. The number of nitrogens with zero attached hydrogens (tertiary/aromatic N) is 3. The van der Waals surface area contributed by atoms with Gasteiger partial charge in [0.25, 0.3) is 0 Å². The molecule has 2 heterocycles. The molecule has 27 heavy (non-hydrogen) atoms. The lowest BCUT2D eigenvalue weighted by Gasteiger charge is -2.09. The molecule has 0 unspecified atom stereocenters. The number of hydrogen-bond donors (Lipinski definition) is 2. The van der Waals surface area contributed by atoms with Crippen LogP contribution < -0.4 is 10.6 Å². The molecular formula is C20H16ClN5O. The number of aryl methyl sites for hydroxylation is 1. The number of anilines is 2. The topological polar surface area (TPSA) is 71.3 Å². The van der Waals surface area contributed by atoms with Crippen molar-refractivity contribution in [1.29, 1.82) is 0 Å². The van der Waals surface area contributed by atoms with Crippen molar-refractivity contribution in [3.63, 3.8) is 0 Å². The van der Waals surface area contributed by atoms with Crippen LogP contribution in [0, 0.1) is 6.92 Å². The number of rotatable bonds is 3. The van der Waals surface area contributed by atoms with E-state index in [4.69, 9.17) is 11.6 Å². The van der Waals surface area contributed by atoms with Crippen molar-refractivity contribution in [2.45, 2.75) is 6.92 Å². The van der Waals surface area contributed by atoms with Crippen LogP contribution >= 0.6 is 11.6 Å². The first-order valence-electron chi connectivity index (χ1n) is 8.33. The highest BCUT2D eigenvalue weighted by molar-refractivity contribution is 6.31. The quantitative estimate of drug-likeness (QED) is 0.527. The third-order valence-corrected chi connectivity index (χ3v) is 4.49. The molecule has 6 nitrogen and oxygen atoms in total. The molecule has 0 saturated carbocycles. The molecule has 0 bridgehead atoms. The second-order valence-electron chi connectivity index (χ2n) is 6.08. The van der Waals surface area contributed by atoms with Gasteiger partial charge in [-0.2, -0.15) is 0 Å². The van der Waals surface area contributed by atoms with Gasteiger partial charge in [0.05, 0.1) is 5.69 Å². The molecule has 4 aromatic rings. The second kappa shape index (κ2) is 7.09. The minimum Gasteiger partial charge on any atom is -0.308 e. The predicted molar refractivity (Wildman–Crippen MR) is 107 cm³/mol. The van der Waals surface area contributed by atoms with Crippen molar-refractivity contribution in [2.24, 2.45) is 0 Å². The first kappa shape index (κ1) is 17.1. The highest BCUT2D eigenvalue weighted by Gasteiger charge is 2.08. The van der Waals surface area contributed by atoms with E-state index in [1.807, 2.05) is 60.1 Å². The van der Waals surface area contributed by atoms with Crippen LogP contribution in [0.5, 0.6) is 0 Å². The molecule has 0 atom stereocenters. The summed E-state index contributed by atoms with van der Waals surface area (Å²) in [5, 5.41) is 6.21. The van der Waals surface area contributed by atoms with Crippen LogP contribution in [0.4, 0.5) is 16.2 Å². The van der Waals surface area contributed by atoms with Crippen LogP contribution in [0.3, 0.4) is 0 Å². The maximum atomic E-state index is 12.3. The zero-order valence-corrected chi connectivity index (χ0v) is 15.2. The van der Waals surface area contributed by atoms with E-state index in [1.165, 1.54) is 0 Å². The predicted octanol–water partition coefficient (Wildman–Crippen LogP) is 5.00. The van der Waals surface area contributed by atoms with Gasteiger partial charge in [-0.15, -0.1) is 0 Å². The third kappa shape index (κ3) is 3.75.